The number of hydrogen-bond donors (Lipinski definition) is 2. The van der Waals surface area contributed by atoms with Crippen LogP contribution in [0, 0.1) is 0 Å². The van der Waals surface area contributed by atoms with E-state index in [1.165, 1.54) is 4.31 Å². The summed E-state index contributed by atoms with van der Waals surface area (Å²) in [4.78, 5) is 12.7. The van der Waals surface area contributed by atoms with Crippen molar-refractivity contribution in [1.82, 2.24) is 14.9 Å². The molecule has 1 aliphatic rings. The number of sulfonamides is 1. The Kier molecular flexibility index (Phi) is 6.72. The van der Waals surface area contributed by atoms with Gasteiger partial charge in [0.2, 0.25) is 0 Å². The number of hydrogen-bond acceptors (Lipinski definition) is 5. The van der Waals surface area contributed by atoms with Gasteiger partial charge in [-0.1, -0.05) is 23.7 Å². The van der Waals surface area contributed by atoms with Crippen molar-refractivity contribution in [3.8, 4) is 0 Å². The van der Waals surface area contributed by atoms with Gasteiger partial charge < -0.3 is 15.4 Å². The Morgan fingerprint density at radius 3 is 2.63 bits per heavy atom. The number of rotatable bonds is 6. The molecule has 0 bridgehead atoms. The number of halogens is 1. The van der Waals surface area contributed by atoms with E-state index in [2.05, 4.69) is 10.6 Å². The standard InChI is InChI=1S/C17H20ClN3O4S2/c18-14-3-1-2-13(10-14)11-19-17(22)20-12-15-4-5-16(26-15)27(23,24)21-6-8-25-9-7-21/h1-5,10H,6-9,11-12H2,(H2,19,20,22). The quantitative estimate of drug-likeness (QED) is 0.738. The van der Waals surface area contributed by atoms with Crippen LogP contribution in [0.25, 0.3) is 0 Å². The van der Waals surface area contributed by atoms with Crippen molar-refractivity contribution >= 4 is 39.0 Å². The minimum Gasteiger partial charge on any atom is -0.379 e. The highest BCUT2D eigenvalue weighted by Crippen LogP contribution is 2.25. The van der Waals surface area contributed by atoms with Crippen molar-refractivity contribution < 1.29 is 17.9 Å². The van der Waals surface area contributed by atoms with Gasteiger partial charge >= 0.3 is 6.03 Å². The second kappa shape index (κ2) is 9.03. The Labute approximate surface area is 167 Å². The fraction of sp³-hybridized carbons (Fsp3) is 0.353. The second-order valence-electron chi connectivity index (χ2n) is 5.90. The number of thiophene rings is 1. The molecule has 1 fully saturated rings. The summed E-state index contributed by atoms with van der Waals surface area (Å²) in [5, 5.41) is 6.08. The van der Waals surface area contributed by atoms with Gasteiger partial charge in [-0.15, -0.1) is 11.3 Å². The molecular weight excluding hydrogens is 410 g/mol. The van der Waals surface area contributed by atoms with E-state index in [4.69, 9.17) is 16.3 Å². The fourth-order valence-corrected chi connectivity index (χ4v) is 5.64. The molecule has 1 aromatic carbocycles. The molecule has 3 rings (SSSR count). The summed E-state index contributed by atoms with van der Waals surface area (Å²) in [6.45, 7) is 2.15. The van der Waals surface area contributed by atoms with Crippen molar-refractivity contribution in [2.45, 2.75) is 17.3 Å². The van der Waals surface area contributed by atoms with E-state index in [0.717, 1.165) is 21.8 Å². The van der Waals surface area contributed by atoms with Crippen LogP contribution >= 0.6 is 22.9 Å². The molecule has 0 spiro atoms. The third kappa shape index (κ3) is 5.43. The first-order valence-electron chi connectivity index (χ1n) is 8.38. The zero-order valence-electron chi connectivity index (χ0n) is 14.5. The van der Waals surface area contributed by atoms with Crippen LogP contribution in [0.15, 0.2) is 40.6 Å². The molecule has 146 valence electrons. The molecule has 2 N–H and O–H groups in total. The number of urea groups is 1. The highest BCUT2D eigenvalue weighted by atomic mass is 35.5. The maximum absolute atomic E-state index is 12.6. The Morgan fingerprint density at radius 2 is 1.89 bits per heavy atom. The molecule has 27 heavy (non-hydrogen) atoms. The largest absolute Gasteiger partial charge is 0.379 e. The molecule has 1 saturated heterocycles. The molecule has 0 saturated carbocycles. The van der Waals surface area contributed by atoms with E-state index in [9.17, 15) is 13.2 Å². The molecule has 1 aliphatic heterocycles. The van der Waals surface area contributed by atoms with Crippen LogP contribution in [-0.2, 0) is 27.8 Å². The first kappa shape index (κ1) is 20.1. The minimum absolute atomic E-state index is 0.255. The van der Waals surface area contributed by atoms with Gasteiger partial charge in [0.25, 0.3) is 10.0 Å². The van der Waals surface area contributed by atoms with Crippen LogP contribution in [-0.4, -0.2) is 45.1 Å². The Balaban J connectivity index is 1.51. The summed E-state index contributed by atoms with van der Waals surface area (Å²) in [5.41, 5.74) is 0.896. The zero-order chi connectivity index (χ0) is 19.3. The Morgan fingerprint density at radius 1 is 1.15 bits per heavy atom. The average molecular weight is 430 g/mol. The van der Waals surface area contributed by atoms with Gasteiger partial charge in [0.05, 0.1) is 19.8 Å². The molecule has 10 heteroatoms. The molecule has 1 aromatic heterocycles. The summed E-state index contributed by atoms with van der Waals surface area (Å²) < 4.78 is 32.1. The Hall–Kier alpha value is -1.65. The van der Waals surface area contributed by atoms with Crippen LogP contribution in [0.1, 0.15) is 10.4 Å². The van der Waals surface area contributed by atoms with Crippen molar-refractivity contribution in [3.05, 3.63) is 51.9 Å². The zero-order valence-corrected chi connectivity index (χ0v) is 16.9. The van der Waals surface area contributed by atoms with Gasteiger partial charge in [0.1, 0.15) is 4.21 Å². The van der Waals surface area contributed by atoms with Crippen LogP contribution in [0.3, 0.4) is 0 Å². The summed E-state index contributed by atoms with van der Waals surface area (Å²) >= 11 is 7.07. The van der Waals surface area contributed by atoms with E-state index in [0.29, 0.717) is 37.9 Å². The van der Waals surface area contributed by atoms with Crippen LogP contribution < -0.4 is 10.6 Å². The molecule has 0 radical (unpaired) electrons. The molecule has 0 unspecified atom stereocenters. The number of ether oxygens (including phenoxy) is 1. The predicted octanol–water partition coefficient (Wildman–Crippen LogP) is 2.42. The maximum atomic E-state index is 12.6. The number of carbonyl (C=O) groups excluding carboxylic acids is 1. The SMILES string of the molecule is O=C(NCc1cccc(Cl)c1)NCc1ccc(S(=O)(=O)N2CCOCC2)s1. The van der Waals surface area contributed by atoms with E-state index < -0.39 is 10.0 Å². The monoisotopic (exact) mass is 429 g/mol. The fourth-order valence-electron chi connectivity index (χ4n) is 2.57. The van der Waals surface area contributed by atoms with E-state index in [1.54, 1.807) is 24.3 Å². The Bertz CT molecular complexity index is 895. The smallest absolute Gasteiger partial charge is 0.315 e. The van der Waals surface area contributed by atoms with Crippen LogP contribution in [0.5, 0.6) is 0 Å². The van der Waals surface area contributed by atoms with Gasteiger partial charge in [-0.3, -0.25) is 0 Å². The summed E-state index contributed by atoms with van der Waals surface area (Å²) in [5.74, 6) is 0. The first-order valence-corrected chi connectivity index (χ1v) is 11.0. The molecule has 2 heterocycles. The second-order valence-corrected chi connectivity index (χ2v) is 9.67. The van der Waals surface area contributed by atoms with Gasteiger partial charge in [-0.05, 0) is 29.8 Å². The third-order valence-electron chi connectivity index (χ3n) is 3.97. The topological polar surface area (TPSA) is 87.7 Å². The number of amides is 2. The highest BCUT2D eigenvalue weighted by Gasteiger charge is 2.27. The minimum atomic E-state index is -3.50. The molecule has 0 aliphatic carbocycles. The van der Waals surface area contributed by atoms with Gasteiger partial charge in [0, 0.05) is 29.5 Å². The van der Waals surface area contributed by atoms with E-state index >= 15 is 0 Å². The van der Waals surface area contributed by atoms with Gasteiger partial charge in [0.15, 0.2) is 0 Å². The maximum Gasteiger partial charge on any atom is 0.315 e. The van der Waals surface area contributed by atoms with Crippen LogP contribution in [0.2, 0.25) is 5.02 Å². The molecule has 2 amide bonds. The summed E-state index contributed by atoms with van der Waals surface area (Å²) in [6.07, 6.45) is 0. The highest BCUT2D eigenvalue weighted by molar-refractivity contribution is 7.91. The van der Waals surface area contributed by atoms with E-state index in [1.807, 2.05) is 12.1 Å². The number of carbonyl (C=O) groups is 1. The summed E-state index contributed by atoms with van der Waals surface area (Å²) in [6, 6.07) is 10.2. The number of nitrogens with zero attached hydrogens (tertiary/aromatic N) is 1. The molecule has 0 atom stereocenters. The van der Waals surface area contributed by atoms with Gasteiger partial charge in [-0.25, -0.2) is 13.2 Å². The summed E-state index contributed by atoms with van der Waals surface area (Å²) in [7, 11) is -3.50. The predicted molar refractivity (Wildman–Crippen MR) is 104 cm³/mol. The lowest BCUT2D eigenvalue weighted by Gasteiger charge is -2.25. The molecular formula is C17H20ClN3O4S2. The number of morpholine rings is 1. The van der Waals surface area contributed by atoms with Gasteiger partial charge in [-0.2, -0.15) is 4.31 Å². The van der Waals surface area contributed by atoms with Crippen molar-refractivity contribution in [1.29, 1.82) is 0 Å². The lowest BCUT2D eigenvalue weighted by molar-refractivity contribution is 0.0731. The average Bonchev–Trinajstić information content (AvgIpc) is 3.15. The van der Waals surface area contributed by atoms with Crippen molar-refractivity contribution in [3.63, 3.8) is 0 Å². The number of benzene rings is 1. The van der Waals surface area contributed by atoms with Crippen LogP contribution in [0.4, 0.5) is 4.79 Å². The lowest BCUT2D eigenvalue weighted by Crippen LogP contribution is -2.40. The first-order chi connectivity index (χ1) is 12.9. The normalized spacial score (nSPS) is 15.4. The van der Waals surface area contributed by atoms with Crippen molar-refractivity contribution in [2.75, 3.05) is 26.3 Å². The van der Waals surface area contributed by atoms with Crippen molar-refractivity contribution in [2.24, 2.45) is 0 Å². The molecule has 7 nitrogen and oxygen atoms in total. The van der Waals surface area contributed by atoms with E-state index in [-0.39, 0.29) is 16.8 Å². The number of nitrogens with one attached hydrogen (secondary N) is 2. The third-order valence-corrected chi connectivity index (χ3v) is 7.65. The molecule has 2 aromatic rings. The lowest BCUT2D eigenvalue weighted by atomic mass is 10.2.